The lowest BCUT2D eigenvalue weighted by atomic mass is 10.2. The Morgan fingerprint density at radius 1 is 0.926 bits per heavy atom. The molecule has 2 N–H and O–H groups in total. The molecule has 0 heterocycles. The van der Waals surface area contributed by atoms with Crippen LogP contribution in [0.1, 0.15) is 12.5 Å². The molecule has 0 aliphatic carbocycles. The number of hydrogen-bond donors (Lipinski definition) is 2. The van der Waals surface area contributed by atoms with Gasteiger partial charge in [0.2, 0.25) is 11.8 Å². The summed E-state index contributed by atoms with van der Waals surface area (Å²) < 4.78 is 39.3. The zero-order valence-corrected chi connectivity index (χ0v) is 14.8. The molecule has 0 bridgehead atoms. The van der Waals surface area contributed by atoms with Gasteiger partial charge in [0.1, 0.15) is 17.5 Å². The van der Waals surface area contributed by atoms with Crippen molar-refractivity contribution in [3.63, 3.8) is 0 Å². The molecule has 0 saturated heterocycles. The number of nitrogens with one attached hydrogen (secondary N) is 2. The topological polar surface area (TPSA) is 61.4 Å². The molecular formula is C19H20F3N3O2. The van der Waals surface area contributed by atoms with E-state index in [9.17, 15) is 22.8 Å². The van der Waals surface area contributed by atoms with Crippen molar-refractivity contribution in [3.05, 3.63) is 65.5 Å². The quantitative estimate of drug-likeness (QED) is 0.741. The Morgan fingerprint density at radius 3 is 2.19 bits per heavy atom. The average Bonchev–Trinajstić information content (AvgIpc) is 2.63. The van der Waals surface area contributed by atoms with Gasteiger partial charge in [-0.2, -0.15) is 0 Å². The fourth-order valence-electron chi connectivity index (χ4n) is 2.33. The molecular weight excluding hydrogens is 359 g/mol. The van der Waals surface area contributed by atoms with Crippen molar-refractivity contribution >= 4 is 17.5 Å². The summed E-state index contributed by atoms with van der Waals surface area (Å²) in [7, 11) is 0. The molecule has 5 nitrogen and oxygen atoms in total. The lowest BCUT2D eigenvalue weighted by molar-refractivity contribution is -0.123. The molecule has 2 aromatic carbocycles. The van der Waals surface area contributed by atoms with Crippen molar-refractivity contribution < 1.29 is 22.8 Å². The lowest BCUT2D eigenvalue weighted by Crippen LogP contribution is -2.40. The fraction of sp³-hybridized carbons (Fsp3) is 0.263. The lowest BCUT2D eigenvalue weighted by Gasteiger charge is -2.19. The van der Waals surface area contributed by atoms with Gasteiger partial charge < -0.3 is 10.6 Å². The highest BCUT2D eigenvalue weighted by atomic mass is 19.1. The number of nitrogens with zero attached hydrogens (tertiary/aromatic N) is 1. The molecule has 0 fully saturated rings. The van der Waals surface area contributed by atoms with Gasteiger partial charge in [-0.25, -0.2) is 13.2 Å². The van der Waals surface area contributed by atoms with Crippen molar-refractivity contribution in [1.29, 1.82) is 0 Å². The Kier molecular flexibility index (Phi) is 7.36. The van der Waals surface area contributed by atoms with Crippen LogP contribution in [0.4, 0.5) is 18.9 Å². The Hall–Kier alpha value is -2.87. The number of amides is 2. The van der Waals surface area contributed by atoms with E-state index in [1.54, 1.807) is 24.0 Å². The maximum atomic E-state index is 13.6. The van der Waals surface area contributed by atoms with E-state index in [0.717, 1.165) is 17.7 Å². The standard InChI is InChI=1S/C19H20F3N3O2/c1-2-25(11-18(26)23-10-13-3-5-14(20)6-4-13)12-19(27)24-17-8-7-15(21)9-16(17)22/h3-9H,2,10-12H2,1H3,(H,23,26)(H,24,27). The van der Waals surface area contributed by atoms with E-state index in [1.807, 2.05) is 0 Å². The average molecular weight is 379 g/mol. The predicted molar refractivity (Wildman–Crippen MR) is 95.3 cm³/mol. The molecule has 2 rings (SSSR count). The summed E-state index contributed by atoms with van der Waals surface area (Å²) in [5, 5.41) is 5.03. The van der Waals surface area contributed by atoms with E-state index in [1.165, 1.54) is 12.1 Å². The Balaban J connectivity index is 1.82. The predicted octanol–water partition coefficient (Wildman–Crippen LogP) is 2.68. The zero-order valence-electron chi connectivity index (χ0n) is 14.8. The summed E-state index contributed by atoms with van der Waals surface area (Å²) in [4.78, 5) is 25.6. The molecule has 0 aliphatic heterocycles. The fourth-order valence-corrected chi connectivity index (χ4v) is 2.33. The van der Waals surface area contributed by atoms with Crippen LogP contribution in [-0.4, -0.2) is 36.3 Å². The summed E-state index contributed by atoms with van der Waals surface area (Å²) >= 11 is 0. The molecule has 27 heavy (non-hydrogen) atoms. The van der Waals surface area contributed by atoms with Crippen LogP contribution in [-0.2, 0) is 16.1 Å². The highest BCUT2D eigenvalue weighted by molar-refractivity contribution is 5.92. The molecule has 0 atom stereocenters. The largest absolute Gasteiger partial charge is 0.351 e. The number of anilines is 1. The smallest absolute Gasteiger partial charge is 0.238 e. The number of carbonyl (C=O) groups excluding carboxylic acids is 2. The number of likely N-dealkylation sites (N-methyl/N-ethyl adjacent to an activating group) is 1. The van der Waals surface area contributed by atoms with Crippen LogP contribution >= 0.6 is 0 Å². The molecule has 2 aromatic rings. The van der Waals surface area contributed by atoms with E-state index in [4.69, 9.17) is 0 Å². The highest BCUT2D eigenvalue weighted by Crippen LogP contribution is 2.14. The van der Waals surface area contributed by atoms with Crippen LogP contribution in [0.25, 0.3) is 0 Å². The number of hydrogen-bond acceptors (Lipinski definition) is 3. The number of halogens is 3. The molecule has 0 unspecified atom stereocenters. The molecule has 0 spiro atoms. The molecule has 2 amide bonds. The van der Waals surface area contributed by atoms with Gasteiger partial charge in [0.05, 0.1) is 18.8 Å². The third kappa shape index (κ3) is 6.74. The van der Waals surface area contributed by atoms with Crippen LogP contribution in [0.15, 0.2) is 42.5 Å². The molecule has 0 aromatic heterocycles. The van der Waals surface area contributed by atoms with Crippen molar-refractivity contribution in [2.45, 2.75) is 13.5 Å². The summed E-state index contributed by atoms with van der Waals surface area (Å²) in [5.41, 5.74) is 0.621. The SMILES string of the molecule is CCN(CC(=O)NCc1ccc(F)cc1)CC(=O)Nc1ccc(F)cc1F. The third-order valence-electron chi connectivity index (χ3n) is 3.79. The second-order valence-corrected chi connectivity index (χ2v) is 5.88. The maximum Gasteiger partial charge on any atom is 0.238 e. The Morgan fingerprint density at radius 2 is 1.56 bits per heavy atom. The Labute approximate surface area is 155 Å². The second-order valence-electron chi connectivity index (χ2n) is 5.88. The van der Waals surface area contributed by atoms with Gasteiger partial charge >= 0.3 is 0 Å². The van der Waals surface area contributed by atoms with Gasteiger partial charge in [-0.05, 0) is 36.4 Å². The number of carbonyl (C=O) groups is 2. The van der Waals surface area contributed by atoms with Crippen LogP contribution < -0.4 is 10.6 Å². The summed E-state index contributed by atoms with van der Waals surface area (Å²) in [5.74, 6) is -2.79. The van der Waals surface area contributed by atoms with E-state index < -0.39 is 17.5 Å². The van der Waals surface area contributed by atoms with Crippen LogP contribution in [0, 0.1) is 17.5 Å². The normalized spacial score (nSPS) is 10.7. The highest BCUT2D eigenvalue weighted by Gasteiger charge is 2.14. The summed E-state index contributed by atoms with van der Waals surface area (Å²) in [6.45, 7) is 2.28. The minimum absolute atomic E-state index is 0.0307. The van der Waals surface area contributed by atoms with Crippen LogP contribution in [0.3, 0.4) is 0 Å². The molecule has 8 heteroatoms. The van der Waals surface area contributed by atoms with Gasteiger partial charge in [0.25, 0.3) is 0 Å². The maximum absolute atomic E-state index is 13.6. The zero-order chi connectivity index (χ0) is 19.8. The number of benzene rings is 2. The van der Waals surface area contributed by atoms with Crippen molar-refractivity contribution in [1.82, 2.24) is 10.2 Å². The minimum atomic E-state index is -0.872. The van der Waals surface area contributed by atoms with E-state index in [2.05, 4.69) is 10.6 Å². The van der Waals surface area contributed by atoms with Crippen molar-refractivity contribution in [2.24, 2.45) is 0 Å². The van der Waals surface area contributed by atoms with E-state index in [0.29, 0.717) is 12.6 Å². The first-order chi connectivity index (χ1) is 12.9. The Bertz CT molecular complexity index is 797. The van der Waals surface area contributed by atoms with E-state index >= 15 is 0 Å². The van der Waals surface area contributed by atoms with Gasteiger partial charge in [0.15, 0.2) is 0 Å². The van der Waals surface area contributed by atoms with Crippen LogP contribution in [0.5, 0.6) is 0 Å². The first kappa shape index (κ1) is 20.4. The molecule has 0 radical (unpaired) electrons. The number of rotatable bonds is 8. The molecule has 144 valence electrons. The third-order valence-corrected chi connectivity index (χ3v) is 3.79. The molecule has 0 saturated carbocycles. The van der Waals surface area contributed by atoms with Crippen molar-refractivity contribution in [2.75, 3.05) is 25.0 Å². The second kappa shape index (κ2) is 9.72. The first-order valence-corrected chi connectivity index (χ1v) is 8.35. The summed E-state index contributed by atoms with van der Waals surface area (Å²) in [6.07, 6.45) is 0. The molecule has 0 aliphatic rings. The first-order valence-electron chi connectivity index (χ1n) is 8.35. The van der Waals surface area contributed by atoms with Gasteiger partial charge in [-0.1, -0.05) is 19.1 Å². The van der Waals surface area contributed by atoms with Crippen molar-refractivity contribution in [3.8, 4) is 0 Å². The summed E-state index contributed by atoms with van der Waals surface area (Å²) in [6, 6.07) is 8.59. The van der Waals surface area contributed by atoms with E-state index in [-0.39, 0.29) is 37.0 Å². The van der Waals surface area contributed by atoms with Crippen LogP contribution in [0.2, 0.25) is 0 Å². The van der Waals surface area contributed by atoms with Gasteiger partial charge in [0, 0.05) is 12.6 Å². The monoisotopic (exact) mass is 379 g/mol. The van der Waals surface area contributed by atoms with Gasteiger partial charge in [-0.3, -0.25) is 14.5 Å². The minimum Gasteiger partial charge on any atom is -0.351 e. The van der Waals surface area contributed by atoms with Gasteiger partial charge in [-0.15, -0.1) is 0 Å².